The van der Waals surface area contributed by atoms with Gasteiger partial charge in [-0.25, -0.2) is 9.97 Å². The van der Waals surface area contributed by atoms with E-state index in [1.54, 1.807) is 6.07 Å². The van der Waals surface area contributed by atoms with Gasteiger partial charge in [0.1, 0.15) is 5.41 Å². The Balaban J connectivity index is 2.00. The van der Waals surface area contributed by atoms with Gasteiger partial charge in [-0.15, -0.1) is 0 Å². The molecule has 3 heterocycles. The summed E-state index contributed by atoms with van der Waals surface area (Å²) in [6.45, 7) is -0.00186. The zero-order chi connectivity index (χ0) is 14.9. The van der Waals surface area contributed by atoms with Crippen molar-refractivity contribution in [2.75, 3.05) is 13.2 Å². The molecule has 2 aromatic rings. The molecule has 112 valence electrons. The van der Waals surface area contributed by atoms with E-state index < -0.39 is 17.5 Å². The molecule has 0 unspecified atom stereocenters. The van der Waals surface area contributed by atoms with Crippen molar-refractivity contribution < 1.29 is 22.4 Å². The van der Waals surface area contributed by atoms with Crippen LogP contribution in [0.1, 0.15) is 18.7 Å². The molecule has 0 atom stereocenters. The Labute approximate surface area is 117 Å². The summed E-state index contributed by atoms with van der Waals surface area (Å²) in [6.07, 6.45) is -2.07. The largest absolute Gasteiger partial charge is 0.403 e. The SMILES string of the molecule is FC(F)(F)C1(c2nc(-c3ncccn3)no2)CCOCC1. The summed E-state index contributed by atoms with van der Waals surface area (Å²) >= 11 is 0. The van der Waals surface area contributed by atoms with Crippen LogP contribution in [-0.4, -0.2) is 39.5 Å². The highest BCUT2D eigenvalue weighted by atomic mass is 19.4. The number of hydrogen-bond acceptors (Lipinski definition) is 6. The summed E-state index contributed by atoms with van der Waals surface area (Å²) in [7, 11) is 0. The van der Waals surface area contributed by atoms with Crippen molar-refractivity contribution in [1.29, 1.82) is 0 Å². The average Bonchev–Trinajstić information content (AvgIpc) is 2.98. The van der Waals surface area contributed by atoms with Crippen LogP contribution in [0.5, 0.6) is 0 Å². The lowest BCUT2D eigenvalue weighted by molar-refractivity contribution is -0.217. The molecular weight excluding hydrogens is 289 g/mol. The van der Waals surface area contributed by atoms with Gasteiger partial charge in [-0.3, -0.25) is 0 Å². The maximum atomic E-state index is 13.5. The van der Waals surface area contributed by atoms with Crippen molar-refractivity contribution in [3.05, 3.63) is 24.4 Å². The van der Waals surface area contributed by atoms with E-state index in [0.717, 1.165) is 0 Å². The molecular formula is C12H11F3N4O2. The fourth-order valence-electron chi connectivity index (χ4n) is 2.26. The molecule has 1 aliphatic rings. The van der Waals surface area contributed by atoms with Crippen molar-refractivity contribution in [1.82, 2.24) is 20.1 Å². The van der Waals surface area contributed by atoms with Crippen molar-refractivity contribution in [2.45, 2.75) is 24.4 Å². The second-order valence-electron chi connectivity index (χ2n) is 4.69. The highest BCUT2D eigenvalue weighted by Crippen LogP contribution is 2.47. The lowest BCUT2D eigenvalue weighted by Crippen LogP contribution is -2.47. The van der Waals surface area contributed by atoms with Crippen LogP contribution in [0, 0.1) is 0 Å². The lowest BCUT2D eigenvalue weighted by atomic mass is 9.79. The number of hydrogen-bond donors (Lipinski definition) is 0. The average molecular weight is 300 g/mol. The molecule has 0 N–H and O–H groups in total. The van der Waals surface area contributed by atoms with Crippen LogP contribution < -0.4 is 0 Å². The monoisotopic (exact) mass is 300 g/mol. The molecule has 0 aliphatic carbocycles. The molecule has 6 nitrogen and oxygen atoms in total. The molecule has 1 aliphatic heterocycles. The molecule has 0 amide bonds. The number of ether oxygens (including phenoxy) is 1. The molecule has 2 aromatic heterocycles. The molecule has 0 bridgehead atoms. The maximum Gasteiger partial charge on any atom is 0.403 e. The third-order valence-electron chi connectivity index (χ3n) is 3.49. The third-order valence-corrected chi connectivity index (χ3v) is 3.49. The van der Waals surface area contributed by atoms with Crippen molar-refractivity contribution >= 4 is 0 Å². The first kappa shape index (κ1) is 13.9. The number of halogens is 3. The second kappa shape index (κ2) is 5.06. The van der Waals surface area contributed by atoms with E-state index in [0.29, 0.717) is 0 Å². The van der Waals surface area contributed by atoms with Crippen LogP contribution in [0.2, 0.25) is 0 Å². The quantitative estimate of drug-likeness (QED) is 0.846. The van der Waals surface area contributed by atoms with Gasteiger partial charge in [-0.2, -0.15) is 18.2 Å². The Morgan fingerprint density at radius 1 is 1.05 bits per heavy atom. The second-order valence-corrected chi connectivity index (χ2v) is 4.69. The van der Waals surface area contributed by atoms with Crippen molar-refractivity contribution in [3.8, 4) is 11.6 Å². The van der Waals surface area contributed by atoms with E-state index >= 15 is 0 Å². The topological polar surface area (TPSA) is 73.9 Å². The molecule has 9 heteroatoms. The standard InChI is InChI=1S/C12H11F3N4O2/c13-12(14,15)11(2-6-20-7-3-11)10-18-9(19-21-10)8-16-4-1-5-17-8/h1,4-5H,2-3,6-7H2. The Hall–Kier alpha value is -2.03. The van der Waals surface area contributed by atoms with Crippen LogP contribution in [0.4, 0.5) is 13.2 Å². The molecule has 1 saturated heterocycles. The maximum absolute atomic E-state index is 13.5. The van der Waals surface area contributed by atoms with Crippen LogP contribution in [0.25, 0.3) is 11.6 Å². The number of rotatable bonds is 2. The molecule has 0 spiro atoms. The van der Waals surface area contributed by atoms with Crippen LogP contribution in [-0.2, 0) is 10.2 Å². The van der Waals surface area contributed by atoms with Crippen LogP contribution >= 0.6 is 0 Å². The Morgan fingerprint density at radius 3 is 2.33 bits per heavy atom. The summed E-state index contributed by atoms with van der Waals surface area (Å²) in [5, 5.41) is 3.57. The third kappa shape index (κ3) is 2.37. The molecule has 0 saturated carbocycles. The molecule has 0 aromatic carbocycles. The zero-order valence-corrected chi connectivity index (χ0v) is 10.8. The summed E-state index contributed by atoms with van der Waals surface area (Å²) in [4.78, 5) is 11.6. The molecule has 3 rings (SSSR count). The van der Waals surface area contributed by atoms with E-state index in [1.807, 2.05) is 0 Å². The minimum Gasteiger partial charge on any atom is -0.381 e. The van der Waals surface area contributed by atoms with Gasteiger partial charge >= 0.3 is 6.18 Å². The minimum absolute atomic E-state index is 0.000932. The van der Waals surface area contributed by atoms with Crippen LogP contribution in [0.15, 0.2) is 23.0 Å². The lowest BCUT2D eigenvalue weighted by Gasteiger charge is -2.35. The van der Waals surface area contributed by atoms with E-state index in [9.17, 15) is 13.2 Å². The first-order valence-electron chi connectivity index (χ1n) is 6.29. The van der Waals surface area contributed by atoms with Gasteiger partial charge in [0.25, 0.3) is 0 Å². The van der Waals surface area contributed by atoms with Gasteiger partial charge in [0, 0.05) is 25.6 Å². The number of alkyl halides is 3. The number of nitrogens with zero attached hydrogens (tertiary/aromatic N) is 4. The fourth-order valence-corrected chi connectivity index (χ4v) is 2.26. The molecule has 1 fully saturated rings. The highest BCUT2D eigenvalue weighted by Gasteiger charge is 2.60. The summed E-state index contributed by atoms with van der Waals surface area (Å²) in [5.74, 6) is -0.390. The smallest absolute Gasteiger partial charge is 0.381 e. The van der Waals surface area contributed by atoms with E-state index in [4.69, 9.17) is 9.26 Å². The Morgan fingerprint density at radius 2 is 1.71 bits per heavy atom. The van der Waals surface area contributed by atoms with Gasteiger partial charge in [0.15, 0.2) is 0 Å². The first-order valence-corrected chi connectivity index (χ1v) is 6.29. The molecule has 21 heavy (non-hydrogen) atoms. The first-order chi connectivity index (χ1) is 10.0. The van der Waals surface area contributed by atoms with Gasteiger partial charge in [0.05, 0.1) is 0 Å². The summed E-state index contributed by atoms with van der Waals surface area (Å²) in [6, 6.07) is 1.58. The minimum atomic E-state index is -4.49. The van der Waals surface area contributed by atoms with Crippen molar-refractivity contribution in [2.24, 2.45) is 0 Å². The van der Waals surface area contributed by atoms with Crippen molar-refractivity contribution in [3.63, 3.8) is 0 Å². The normalized spacial score (nSPS) is 18.6. The summed E-state index contributed by atoms with van der Waals surface area (Å²) < 4.78 is 50.3. The van der Waals surface area contributed by atoms with E-state index in [1.165, 1.54) is 12.4 Å². The van der Waals surface area contributed by atoms with E-state index in [-0.39, 0.29) is 37.7 Å². The van der Waals surface area contributed by atoms with E-state index in [2.05, 4.69) is 20.1 Å². The predicted octanol–water partition coefficient (Wildman–Crippen LogP) is 2.14. The fraction of sp³-hybridized carbons (Fsp3) is 0.500. The Kier molecular flexibility index (Phi) is 3.36. The van der Waals surface area contributed by atoms with Gasteiger partial charge in [-0.05, 0) is 18.9 Å². The highest BCUT2D eigenvalue weighted by molar-refractivity contribution is 5.41. The Bertz CT molecular complexity index is 608. The van der Waals surface area contributed by atoms with Crippen LogP contribution in [0.3, 0.4) is 0 Å². The summed E-state index contributed by atoms with van der Waals surface area (Å²) in [5.41, 5.74) is -2.16. The van der Waals surface area contributed by atoms with Gasteiger partial charge in [-0.1, -0.05) is 5.16 Å². The van der Waals surface area contributed by atoms with Gasteiger partial charge < -0.3 is 9.26 Å². The predicted molar refractivity (Wildman–Crippen MR) is 63.1 cm³/mol. The van der Waals surface area contributed by atoms with Gasteiger partial charge in [0.2, 0.25) is 17.5 Å². The zero-order valence-electron chi connectivity index (χ0n) is 10.8. The molecule has 0 radical (unpaired) electrons. The number of aromatic nitrogens is 4.